The maximum atomic E-state index is 11.4. The van der Waals surface area contributed by atoms with Crippen LogP contribution in [0.25, 0.3) is 0 Å². The zero-order valence-corrected chi connectivity index (χ0v) is 11.2. The fourth-order valence-corrected chi connectivity index (χ4v) is 2.71. The summed E-state index contributed by atoms with van der Waals surface area (Å²) in [6, 6.07) is 7.01. The number of carboxylic acids is 1. The molecule has 5 heteroatoms. The van der Waals surface area contributed by atoms with E-state index in [9.17, 15) is 9.90 Å². The monoisotopic (exact) mass is 278 g/mol. The fourth-order valence-electron chi connectivity index (χ4n) is 2.54. The van der Waals surface area contributed by atoms with Gasteiger partial charge in [-0.05, 0) is 31.0 Å². The van der Waals surface area contributed by atoms with Gasteiger partial charge in [0, 0.05) is 11.6 Å². The summed E-state index contributed by atoms with van der Waals surface area (Å²) >= 11 is 5.90. The number of nitrogens with zero attached hydrogens (tertiary/aromatic N) is 1. The van der Waals surface area contributed by atoms with E-state index in [1.54, 1.807) is 18.2 Å². The molecule has 0 spiro atoms. The third kappa shape index (κ3) is 2.82. The molecule has 0 unspecified atom stereocenters. The molecule has 100 valence electrons. The zero-order chi connectivity index (χ0) is 13.9. The smallest absolute Gasteiger partial charge is 0.311 e. The SMILES string of the molecule is N#Cc1ccc(Cl)cc1NCC1(C(=O)O)CCCC1. The Bertz CT molecular complexity index is 531. The summed E-state index contributed by atoms with van der Waals surface area (Å²) in [6.45, 7) is 0.331. The lowest BCUT2D eigenvalue weighted by atomic mass is 9.86. The van der Waals surface area contributed by atoms with Gasteiger partial charge in [0.1, 0.15) is 6.07 Å². The molecule has 0 saturated heterocycles. The van der Waals surface area contributed by atoms with E-state index in [0.717, 1.165) is 12.8 Å². The summed E-state index contributed by atoms with van der Waals surface area (Å²) < 4.78 is 0. The minimum absolute atomic E-state index is 0.331. The molecule has 0 atom stereocenters. The van der Waals surface area contributed by atoms with Crippen LogP contribution in [-0.2, 0) is 4.79 Å². The van der Waals surface area contributed by atoms with Crippen molar-refractivity contribution in [1.29, 1.82) is 5.26 Å². The Hall–Kier alpha value is -1.73. The van der Waals surface area contributed by atoms with E-state index >= 15 is 0 Å². The van der Waals surface area contributed by atoms with Crippen molar-refractivity contribution in [2.45, 2.75) is 25.7 Å². The van der Waals surface area contributed by atoms with Crippen LogP contribution in [0, 0.1) is 16.7 Å². The lowest BCUT2D eigenvalue weighted by molar-refractivity contribution is -0.147. The van der Waals surface area contributed by atoms with Crippen molar-refractivity contribution in [1.82, 2.24) is 0 Å². The molecule has 0 heterocycles. The molecule has 1 aliphatic carbocycles. The van der Waals surface area contributed by atoms with Crippen LogP contribution in [0.1, 0.15) is 31.2 Å². The summed E-state index contributed by atoms with van der Waals surface area (Å²) in [5.41, 5.74) is 0.361. The maximum Gasteiger partial charge on any atom is 0.311 e. The van der Waals surface area contributed by atoms with Crippen LogP contribution in [0.4, 0.5) is 5.69 Å². The number of carbonyl (C=O) groups is 1. The van der Waals surface area contributed by atoms with Crippen LogP contribution >= 0.6 is 11.6 Å². The zero-order valence-electron chi connectivity index (χ0n) is 10.4. The highest BCUT2D eigenvalue weighted by molar-refractivity contribution is 6.30. The molecule has 1 fully saturated rings. The quantitative estimate of drug-likeness (QED) is 0.886. The Kier molecular flexibility index (Phi) is 3.96. The molecule has 0 aliphatic heterocycles. The Labute approximate surface area is 117 Å². The first kappa shape index (κ1) is 13.7. The van der Waals surface area contributed by atoms with E-state index in [1.807, 2.05) is 0 Å². The van der Waals surface area contributed by atoms with Gasteiger partial charge < -0.3 is 10.4 Å². The van der Waals surface area contributed by atoms with E-state index in [-0.39, 0.29) is 0 Å². The number of hydrogen-bond acceptors (Lipinski definition) is 3. The van der Waals surface area contributed by atoms with Crippen LogP contribution in [0.5, 0.6) is 0 Å². The molecular formula is C14H15ClN2O2. The van der Waals surface area contributed by atoms with E-state index in [2.05, 4.69) is 11.4 Å². The second-order valence-electron chi connectivity index (χ2n) is 4.95. The Morgan fingerprint density at radius 3 is 2.74 bits per heavy atom. The molecule has 0 aromatic heterocycles. The molecular weight excluding hydrogens is 264 g/mol. The minimum atomic E-state index is -0.766. The third-order valence-electron chi connectivity index (χ3n) is 3.73. The lowest BCUT2D eigenvalue weighted by Gasteiger charge is -2.24. The van der Waals surface area contributed by atoms with Gasteiger partial charge in [-0.3, -0.25) is 4.79 Å². The fraction of sp³-hybridized carbons (Fsp3) is 0.429. The maximum absolute atomic E-state index is 11.4. The van der Waals surface area contributed by atoms with Crippen molar-refractivity contribution in [2.24, 2.45) is 5.41 Å². The van der Waals surface area contributed by atoms with Gasteiger partial charge in [0.05, 0.1) is 16.7 Å². The number of carboxylic acid groups (broad SMARTS) is 1. The van der Waals surface area contributed by atoms with E-state index in [1.165, 1.54) is 0 Å². The second kappa shape index (κ2) is 5.50. The normalized spacial score (nSPS) is 16.8. The van der Waals surface area contributed by atoms with Gasteiger partial charge in [-0.1, -0.05) is 24.4 Å². The first-order valence-electron chi connectivity index (χ1n) is 6.24. The van der Waals surface area contributed by atoms with Crippen molar-refractivity contribution >= 4 is 23.3 Å². The second-order valence-corrected chi connectivity index (χ2v) is 5.38. The van der Waals surface area contributed by atoms with E-state index in [0.29, 0.717) is 35.7 Å². The van der Waals surface area contributed by atoms with E-state index in [4.69, 9.17) is 16.9 Å². The van der Waals surface area contributed by atoms with Gasteiger partial charge in [0.2, 0.25) is 0 Å². The lowest BCUT2D eigenvalue weighted by Crippen LogP contribution is -2.35. The topological polar surface area (TPSA) is 73.1 Å². The summed E-state index contributed by atoms with van der Waals surface area (Å²) in [5.74, 6) is -0.766. The van der Waals surface area contributed by atoms with Crippen molar-refractivity contribution in [3.8, 4) is 6.07 Å². The Morgan fingerprint density at radius 1 is 1.47 bits per heavy atom. The van der Waals surface area contributed by atoms with Gasteiger partial charge >= 0.3 is 5.97 Å². The van der Waals surface area contributed by atoms with Gasteiger partial charge in [0.15, 0.2) is 0 Å². The molecule has 19 heavy (non-hydrogen) atoms. The number of hydrogen-bond donors (Lipinski definition) is 2. The van der Waals surface area contributed by atoms with Crippen molar-refractivity contribution < 1.29 is 9.90 Å². The highest BCUT2D eigenvalue weighted by Crippen LogP contribution is 2.38. The standard InChI is InChI=1S/C14H15ClN2O2/c15-11-4-3-10(8-16)12(7-11)17-9-14(13(18)19)5-1-2-6-14/h3-4,7,17H,1-2,5-6,9H2,(H,18,19). The highest BCUT2D eigenvalue weighted by Gasteiger charge is 2.41. The molecule has 0 radical (unpaired) electrons. The molecule has 1 saturated carbocycles. The number of aliphatic carboxylic acids is 1. The molecule has 0 bridgehead atoms. The molecule has 4 nitrogen and oxygen atoms in total. The summed E-state index contributed by atoms with van der Waals surface area (Å²) in [5, 5.41) is 22.0. The Morgan fingerprint density at radius 2 is 2.16 bits per heavy atom. The average Bonchev–Trinajstić information content (AvgIpc) is 2.86. The van der Waals surface area contributed by atoms with Crippen molar-refractivity contribution in [3.63, 3.8) is 0 Å². The Balaban J connectivity index is 2.16. The predicted molar refractivity (Wildman–Crippen MR) is 73.2 cm³/mol. The molecule has 1 aliphatic rings. The molecule has 1 aromatic carbocycles. The number of rotatable bonds is 4. The van der Waals surface area contributed by atoms with Crippen LogP contribution in [-0.4, -0.2) is 17.6 Å². The number of nitriles is 1. The third-order valence-corrected chi connectivity index (χ3v) is 3.97. The predicted octanol–water partition coefficient (Wildman–Crippen LogP) is 3.27. The molecule has 2 rings (SSSR count). The summed E-state index contributed by atoms with van der Waals surface area (Å²) in [7, 11) is 0. The minimum Gasteiger partial charge on any atom is -0.481 e. The van der Waals surface area contributed by atoms with Crippen LogP contribution in [0.2, 0.25) is 5.02 Å². The number of nitrogens with one attached hydrogen (secondary N) is 1. The first-order chi connectivity index (χ1) is 9.07. The van der Waals surface area contributed by atoms with Gasteiger partial charge in [-0.15, -0.1) is 0 Å². The number of halogens is 1. The first-order valence-corrected chi connectivity index (χ1v) is 6.62. The largest absolute Gasteiger partial charge is 0.481 e. The summed E-state index contributed by atoms with van der Waals surface area (Å²) in [4.78, 5) is 11.4. The van der Waals surface area contributed by atoms with E-state index < -0.39 is 11.4 Å². The average molecular weight is 279 g/mol. The van der Waals surface area contributed by atoms with Crippen LogP contribution < -0.4 is 5.32 Å². The molecule has 1 aromatic rings. The van der Waals surface area contributed by atoms with Crippen molar-refractivity contribution in [2.75, 3.05) is 11.9 Å². The highest BCUT2D eigenvalue weighted by atomic mass is 35.5. The molecule has 0 amide bonds. The van der Waals surface area contributed by atoms with Crippen LogP contribution in [0.15, 0.2) is 18.2 Å². The van der Waals surface area contributed by atoms with Gasteiger partial charge in [-0.2, -0.15) is 5.26 Å². The number of benzene rings is 1. The van der Waals surface area contributed by atoms with Crippen molar-refractivity contribution in [3.05, 3.63) is 28.8 Å². The van der Waals surface area contributed by atoms with Crippen LogP contribution in [0.3, 0.4) is 0 Å². The summed E-state index contributed by atoms with van der Waals surface area (Å²) in [6.07, 6.45) is 3.23. The van der Waals surface area contributed by atoms with Gasteiger partial charge in [-0.25, -0.2) is 0 Å². The van der Waals surface area contributed by atoms with Gasteiger partial charge in [0.25, 0.3) is 0 Å². The number of anilines is 1. The molecule has 2 N–H and O–H groups in total.